The van der Waals surface area contributed by atoms with Crippen molar-refractivity contribution in [3.63, 3.8) is 0 Å². The molecule has 1 aliphatic heterocycles. The molecule has 1 aromatic rings. The predicted molar refractivity (Wildman–Crippen MR) is 66.5 cm³/mol. The van der Waals surface area contributed by atoms with Gasteiger partial charge in [-0.3, -0.25) is 9.59 Å². The average molecular weight is 263 g/mol. The Morgan fingerprint density at radius 2 is 2.05 bits per heavy atom. The minimum absolute atomic E-state index is 0.187. The van der Waals surface area contributed by atoms with Crippen LogP contribution < -0.4 is 4.90 Å². The fourth-order valence-corrected chi connectivity index (χ4v) is 3.36. The van der Waals surface area contributed by atoms with Gasteiger partial charge in [-0.1, -0.05) is 12.8 Å². The maximum Gasteiger partial charge on any atom is 0.323 e. The topological polar surface area (TPSA) is 57.6 Å². The number of benzene rings is 1. The van der Waals surface area contributed by atoms with Gasteiger partial charge in [0.15, 0.2) is 0 Å². The number of fused-ring (bicyclic) bond motifs is 2. The fraction of sp³-hybridized carbons (Fsp3) is 0.429. The molecule has 0 radical (unpaired) electrons. The highest BCUT2D eigenvalue weighted by molar-refractivity contribution is 6.10. The average Bonchev–Trinajstić information content (AvgIpc) is 2.92. The summed E-state index contributed by atoms with van der Waals surface area (Å²) in [5, 5.41) is 8.94. The highest BCUT2D eigenvalue weighted by Gasteiger charge is 2.52. The molecule has 0 saturated heterocycles. The Kier molecular flexibility index (Phi) is 2.59. The largest absolute Gasteiger partial charge is 0.480 e. The molecule has 1 saturated carbocycles. The van der Waals surface area contributed by atoms with E-state index in [0.29, 0.717) is 24.1 Å². The van der Waals surface area contributed by atoms with Crippen molar-refractivity contribution in [2.75, 3.05) is 11.4 Å². The van der Waals surface area contributed by atoms with Crippen LogP contribution in [0, 0.1) is 5.82 Å². The Hall–Kier alpha value is -1.91. The monoisotopic (exact) mass is 263 g/mol. The van der Waals surface area contributed by atoms with Gasteiger partial charge in [0.1, 0.15) is 12.4 Å². The number of hydrogen-bond acceptors (Lipinski definition) is 2. The van der Waals surface area contributed by atoms with Crippen LogP contribution in [0.3, 0.4) is 0 Å². The first-order valence-electron chi connectivity index (χ1n) is 6.38. The van der Waals surface area contributed by atoms with Gasteiger partial charge in [0.25, 0.3) is 0 Å². The number of hydrogen-bond donors (Lipinski definition) is 1. The molecule has 19 heavy (non-hydrogen) atoms. The lowest BCUT2D eigenvalue weighted by atomic mass is 9.80. The molecular weight excluding hydrogens is 249 g/mol. The standard InChI is InChI=1S/C14H14FNO3/c15-9-3-4-11-10(7-9)14(5-1-2-6-14)13(19)16(11)8-12(17)18/h3-4,7H,1-2,5-6,8H2,(H,17,18). The van der Waals surface area contributed by atoms with Crippen molar-refractivity contribution in [2.45, 2.75) is 31.1 Å². The van der Waals surface area contributed by atoms with E-state index in [9.17, 15) is 14.0 Å². The van der Waals surface area contributed by atoms with Crippen molar-refractivity contribution >= 4 is 17.6 Å². The molecule has 4 nitrogen and oxygen atoms in total. The maximum atomic E-state index is 13.5. The van der Waals surface area contributed by atoms with Crippen LogP contribution in [-0.2, 0) is 15.0 Å². The summed E-state index contributed by atoms with van der Waals surface area (Å²) in [6.07, 6.45) is 3.20. The van der Waals surface area contributed by atoms with Crippen molar-refractivity contribution in [2.24, 2.45) is 0 Å². The van der Waals surface area contributed by atoms with Gasteiger partial charge in [0, 0.05) is 5.69 Å². The third-order valence-corrected chi connectivity index (χ3v) is 4.17. The van der Waals surface area contributed by atoms with Gasteiger partial charge in [0.05, 0.1) is 5.41 Å². The predicted octanol–water partition coefficient (Wildman–Crippen LogP) is 2.07. The molecule has 0 unspecified atom stereocenters. The van der Waals surface area contributed by atoms with Gasteiger partial charge >= 0.3 is 5.97 Å². The Labute approximate surface area is 109 Å². The van der Waals surface area contributed by atoms with E-state index in [1.54, 1.807) is 0 Å². The Bertz CT molecular complexity index is 564. The van der Waals surface area contributed by atoms with E-state index in [1.807, 2.05) is 0 Å². The number of amides is 1. The van der Waals surface area contributed by atoms with Crippen LogP contribution in [0.4, 0.5) is 10.1 Å². The van der Waals surface area contributed by atoms with E-state index in [2.05, 4.69) is 0 Å². The van der Waals surface area contributed by atoms with E-state index < -0.39 is 11.4 Å². The molecule has 1 spiro atoms. The number of anilines is 1. The zero-order valence-corrected chi connectivity index (χ0v) is 10.4. The lowest BCUT2D eigenvalue weighted by Crippen LogP contribution is -2.40. The van der Waals surface area contributed by atoms with E-state index >= 15 is 0 Å². The first kappa shape index (κ1) is 12.1. The molecule has 1 aromatic carbocycles. The SMILES string of the molecule is O=C(O)CN1C(=O)C2(CCCC2)c2cc(F)ccc21. The molecule has 100 valence electrons. The van der Waals surface area contributed by atoms with E-state index in [4.69, 9.17) is 5.11 Å². The van der Waals surface area contributed by atoms with Crippen LogP contribution in [0.25, 0.3) is 0 Å². The highest BCUT2D eigenvalue weighted by Crippen LogP contribution is 2.51. The molecule has 1 N–H and O–H groups in total. The molecule has 0 bridgehead atoms. The summed E-state index contributed by atoms with van der Waals surface area (Å²) < 4.78 is 13.5. The quantitative estimate of drug-likeness (QED) is 0.888. The number of nitrogens with zero attached hydrogens (tertiary/aromatic N) is 1. The van der Waals surface area contributed by atoms with Crippen molar-refractivity contribution in [3.8, 4) is 0 Å². The van der Waals surface area contributed by atoms with Crippen LogP contribution >= 0.6 is 0 Å². The zero-order chi connectivity index (χ0) is 13.6. The third-order valence-electron chi connectivity index (χ3n) is 4.17. The molecule has 1 heterocycles. The number of carbonyl (C=O) groups is 2. The van der Waals surface area contributed by atoms with Crippen molar-refractivity contribution < 1.29 is 19.1 Å². The van der Waals surface area contributed by atoms with Gasteiger partial charge in [-0.15, -0.1) is 0 Å². The first-order valence-corrected chi connectivity index (χ1v) is 6.38. The fourth-order valence-electron chi connectivity index (χ4n) is 3.36. The van der Waals surface area contributed by atoms with E-state index in [0.717, 1.165) is 12.8 Å². The molecule has 0 aromatic heterocycles. The van der Waals surface area contributed by atoms with Crippen molar-refractivity contribution in [3.05, 3.63) is 29.6 Å². The molecule has 1 fully saturated rings. The summed E-state index contributed by atoms with van der Waals surface area (Å²) in [7, 11) is 0. The minimum atomic E-state index is -1.06. The highest BCUT2D eigenvalue weighted by atomic mass is 19.1. The van der Waals surface area contributed by atoms with Gasteiger partial charge in [0.2, 0.25) is 5.91 Å². The van der Waals surface area contributed by atoms with Crippen LogP contribution in [0.2, 0.25) is 0 Å². The summed E-state index contributed by atoms with van der Waals surface area (Å²) in [5.74, 6) is -1.62. The summed E-state index contributed by atoms with van der Waals surface area (Å²) in [6, 6.07) is 4.17. The Morgan fingerprint density at radius 3 is 2.68 bits per heavy atom. The second-order valence-electron chi connectivity index (χ2n) is 5.24. The molecular formula is C14H14FNO3. The molecule has 2 aliphatic rings. The lowest BCUT2D eigenvalue weighted by molar-refractivity contribution is -0.137. The number of carboxylic acids is 1. The Balaban J connectivity index is 2.14. The minimum Gasteiger partial charge on any atom is -0.480 e. The molecule has 3 rings (SSSR count). The Morgan fingerprint density at radius 1 is 1.37 bits per heavy atom. The zero-order valence-electron chi connectivity index (χ0n) is 10.4. The normalized spacial score (nSPS) is 20.1. The van der Waals surface area contributed by atoms with Crippen LogP contribution in [0.1, 0.15) is 31.2 Å². The number of rotatable bonds is 2. The van der Waals surface area contributed by atoms with E-state index in [-0.39, 0.29) is 18.3 Å². The van der Waals surface area contributed by atoms with Crippen LogP contribution in [0.15, 0.2) is 18.2 Å². The van der Waals surface area contributed by atoms with Crippen LogP contribution in [0.5, 0.6) is 0 Å². The third kappa shape index (κ3) is 1.64. The lowest BCUT2D eigenvalue weighted by Gasteiger charge is -2.22. The summed E-state index contributed by atoms with van der Waals surface area (Å²) in [6.45, 7) is -0.362. The van der Waals surface area contributed by atoms with Gasteiger partial charge < -0.3 is 10.0 Å². The maximum absolute atomic E-state index is 13.5. The van der Waals surface area contributed by atoms with Crippen LogP contribution in [-0.4, -0.2) is 23.5 Å². The summed E-state index contributed by atoms with van der Waals surface area (Å²) in [4.78, 5) is 24.8. The second-order valence-corrected chi connectivity index (χ2v) is 5.24. The molecule has 1 aliphatic carbocycles. The number of carbonyl (C=O) groups excluding carboxylic acids is 1. The van der Waals surface area contributed by atoms with E-state index in [1.165, 1.54) is 23.1 Å². The second kappa shape index (κ2) is 4.05. The molecule has 1 amide bonds. The van der Waals surface area contributed by atoms with Gasteiger partial charge in [-0.05, 0) is 36.6 Å². The smallest absolute Gasteiger partial charge is 0.323 e. The number of carboxylic acid groups (broad SMARTS) is 1. The first-order chi connectivity index (χ1) is 9.04. The summed E-state index contributed by atoms with van der Waals surface area (Å²) >= 11 is 0. The van der Waals surface area contributed by atoms with Crippen molar-refractivity contribution in [1.82, 2.24) is 0 Å². The summed E-state index contributed by atoms with van der Waals surface area (Å²) in [5.41, 5.74) is 0.527. The molecule has 5 heteroatoms. The van der Waals surface area contributed by atoms with Crippen molar-refractivity contribution in [1.29, 1.82) is 0 Å². The number of aliphatic carboxylic acids is 1. The molecule has 0 atom stereocenters. The van der Waals surface area contributed by atoms with Gasteiger partial charge in [-0.2, -0.15) is 0 Å². The number of halogens is 1. The van der Waals surface area contributed by atoms with Gasteiger partial charge in [-0.25, -0.2) is 4.39 Å².